The molecule has 0 aliphatic carbocycles. The van der Waals surface area contributed by atoms with Crippen LogP contribution in [0.3, 0.4) is 0 Å². The van der Waals surface area contributed by atoms with Crippen LogP contribution in [-0.2, 0) is 18.4 Å². The van der Waals surface area contributed by atoms with E-state index < -0.39 is 11.6 Å². The van der Waals surface area contributed by atoms with Gasteiger partial charge < -0.3 is 13.7 Å². The molecule has 0 unspecified atom stereocenters. The van der Waals surface area contributed by atoms with Crippen LogP contribution in [0.4, 0.5) is 0 Å². The van der Waals surface area contributed by atoms with Crippen LogP contribution < -0.4 is 11.2 Å². The second-order valence-electron chi connectivity index (χ2n) is 6.89. The van der Waals surface area contributed by atoms with Crippen LogP contribution in [0.15, 0.2) is 50.5 Å². The number of aryl methyl sites for hydroxylation is 2. The van der Waals surface area contributed by atoms with Crippen molar-refractivity contribution < 1.29 is 13.9 Å². The third-order valence-electron chi connectivity index (χ3n) is 4.54. The number of benzene rings is 1. The summed E-state index contributed by atoms with van der Waals surface area (Å²) in [6.07, 6.45) is 1.50. The maximum absolute atomic E-state index is 12.3. The van der Waals surface area contributed by atoms with Crippen LogP contribution in [0, 0.1) is 6.92 Å². The number of carbonyl (C=O) groups is 1. The molecule has 0 bridgehead atoms. The lowest BCUT2D eigenvalue weighted by Gasteiger charge is -2.13. The fourth-order valence-corrected chi connectivity index (χ4v) is 3.03. The molecular weight excluding hydrogens is 346 g/mol. The fraction of sp³-hybridized carbons (Fsp3) is 0.286. The highest BCUT2D eigenvalue weighted by atomic mass is 16.5. The van der Waals surface area contributed by atoms with Crippen molar-refractivity contribution in [3.8, 4) is 0 Å². The standard InChI is InChI=1S/C21H21NO5/c1-12(2)16-10-17-15(9-20(24)27-18(17)7-13(16)3)11-26-21(25)14-5-6-22(4)19(23)8-14/h5-10,12H,11H2,1-4H3. The molecule has 1 aromatic carbocycles. The Morgan fingerprint density at radius 2 is 1.93 bits per heavy atom. The van der Waals surface area contributed by atoms with Gasteiger partial charge in [-0.2, -0.15) is 0 Å². The summed E-state index contributed by atoms with van der Waals surface area (Å²) >= 11 is 0. The molecule has 2 heterocycles. The molecule has 3 aromatic rings. The molecule has 0 spiro atoms. The molecule has 0 saturated heterocycles. The van der Waals surface area contributed by atoms with Gasteiger partial charge in [-0.05, 0) is 42.2 Å². The highest BCUT2D eigenvalue weighted by Gasteiger charge is 2.14. The first kappa shape index (κ1) is 18.6. The number of hydrogen-bond donors (Lipinski definition) is 0. The van der Waals surface area contributed by atoms with Crippen molar-refractivity contribution in [1.82, 2.24) is 4.57 Å². The highest BCUT2D eigenvalue weighted by Crippen LogP contribution is 2.27. The minimum atomic E-state index is -0.620. The number of rotatable bonds is 4. The number of nitrogens with zero attached hydrogens (tertiary/aromatic N) is 1. The second kappa shape index (κ2) is 7.23. The van der Waals surface area contributed by atoms with Gasteiger partial charge in [0.05, 0.1) is 5.56 Å². The van der Waals surface area contributed by atoms with Gasteiger partial charge in [-0.3, -0.25) is 4.79 Å². The summed E-state index contributed by atoms with van der Waals surface area (Å²) in [4.78, 5) is 35.8. The van der Waals surface area contributed by atoms with E-state index in [9.17, 15) is 14.4 Å². The van der Waals surface area contributed by atoms with Gasteiger partial charge in [0.15, 0.2) is 0 Å². The quantitative estimate of drug-likeness (QED) is 0.522. The van der Waals surface area contributed by atoms with Crippen molar-refractivity contribution in [2.45, 2.75) is 33.3 Å². The molecule has 0 aliphatic rings. The molecule has 140 valence electrons. The molecule has 3 rings (SSSR count). The van der Waals surface area contributed by atoms with E-state index in [1.165, 1.54) is 29.0 Å². The zero-order chi connectivity index (χ0) is 19.7. The molecule has 0 saturated carbocycles. The second-order valence-corrected chi connectivity index (χ2v) is 6.89. The summed E-state index contributed by atoms with van der Waals surface area (Å²) in [5.74, 6) is -0.317. The van der Waals surface area contributed by atoms with E-state index in [-0.39, 0.29) is 17.7 Å². The first-order valence-corrected chi connectivity index (χ1v) is 8.67. The van der Waals surface area contributed by atoms with E-state index >= 15 is 0 Å². The number of carbonyl (C=O) groups excluding carboxylic acids is 1. The lowest BCUT2D eigenvalue weighted by Crippen LogP contribution is -2.18. The minimum absolute atomic E-state index is 0.0866. The van der Waals surface area contributed by atoms with E-state index in [2.05, 4.69) is 13.8 Å². The molecule has 2 aromatic heterocycles. The average molecular weight is 367 g/mol. The van der Waals surface area contributed by atoms with Gasteiger partial charge in [0.1, 0.15) is 12.2 Å². The van der Waals surface area contributed by atoms with Gasteiger partial charge >= 0.3 is 11.6 Å². The van der Waals surface area contributed by atoms with Gasteiger partial charge in [-0.15, -0.1) is 0 Å². The zero-order valence-electron chi connectivity index (χ0n) is 15.7. The number of hydrogen-bond acceptors (Lipinski definition) is 5. The van der Waals surface area contributed by atoms with Crippen molar-refractivity contribution in [3.63, 3.8) is 0 Å². The third-order valence-corrected chi connectivity index (χ3v) is 4.54. The normalized spacial score (nSPS) is 11.1. The average Bonchev–Trinajstić information content (AvgIpc) is 2.60. The predicted molar refractivity (Wildman–Crippen MR) is 102 cm³/mol. The maximum Gasteiger partial charge on any atom is 0.338 e. The fourth-order valence-electron chi connectivity index (χ4n) is 3.03. The van der Waals surface area contributed by atoms with Crippen molar-refractivity contribution in [3.05, 3.63) is 79.6 Å². The van der Waals surface area contributed by atoms with Crippen molar-refractivity contribution in [2.24, 2.45) is 7.05 Å². The van der Waals surface area contributed by atoms with Crippen molar-refractivity contribution >= 4 is 16.9 Å². The Kier molecular flexibility index (Phi) is 4.99. The van der Waals surface area contributed by atoms with Gasteiger partial charge in [0, 0.05) is 36.3 Å². The van der Waals surface area contributed by atoms with E-state index in [0.717, 1.165) is 16.5 Å². The number of pyridine rings is 1. The van der Waals surface area contributed by atoms with Crippen LogP contribution >= 0.6 is 0 Å². The van der Waals surface area contributed by atoms with E-state index in [1.807, 2.05) is 19.1 Å². The van der Waals surface area contributed by atoms with Crippen LogP contribution in [0.2, 0.25) is 0 Å². The van der Waals surface area contributed by atoms with Crippen LogP contribution in [0.1, 0.15) is 46.8 Å². The third kappa shape index (κ3) is 3.84. The molecule has 0 amide bonds. The Bertz CT molecular complexity index is 1140. The highest BCUT2D eigenvalue weighted by molar-refractivity contribution is 5.89. The molecule has 6 nitrogen and oxygen atoms in total. The van der Waals surface area contributed by atoms with Gasteiger partial charge in [-0.1, -0.05) is 13.8 Å². The van der Waals surface area contributed by atoms with Crippen molar-refractivity contribution in [1.29, 1.82) is 0 Å². The van der Waals surface area contributed by atoms with Crippen LogP contribution in [0.5, 0.6) is 0 Å². The Labute approximate surface area is 156 Å². The molecule has 0 fully saturated rings. The maximum atomic E-state index is 12.3. The summed E-state index contributed by atoms with van der Waals surface area (Å²) in [6.45, 7) is 6.06. The Morgan fingerprint density at radius 1 is 1.19 bits per heavy atom. The van der Waals surface area contributed by atoms with Gasteiger partial charge in [-0.25, -0.2) is 9.59 Å². The Morgan fingerprint density at radius 3 is 2.59 bits per heavy atom. The summed E-state index contributed by atoms with van der Waals surface area (Å²) in [6, 6.07) is 7.87. The largest absolute Gasteiger partial charge is 0.457 e. The van der Waals surface area contributed by atoms with Crippen molar-refractivity contribution in [2.75, 3.05) is 0 Å². The van der Waals surface area contributed by atoms with E-state index in [4.69, 9.17) is 9.15 Å². The molecular formula is C21H21NO5. The monoisotopic (exact) mass is 367 g/mol. The SMILES string of the molecule is Cc1cc2oc(=O)cc(COC(=O)c3ccn(C)c(=O)c3)c2cc1C(C)C. The lowest BCUT2D eigenvalue weighted by atomic mass is 9.95. The number of fused-ring (bicyclic) bond motifs is 1. The lowest BCUT2D eigenvalue weighted by molar-refractivity contribution is 0.0473. The molecule has 27 heavy (non-hydrogen) atoms. The van der Waals surface area contributed by atoms with Crippen LogP contribution in [-0.4, -0.2) is 10.5 Å². The first-order chi connectivity index (χ1) is 12.8. The Balaban J connectivity index is 1.95. The zero-order valence-corrected chi connectivity index (χ0v) is 15.7. The predicted octanol–water partition coefficient (Wildman–Crippen LogP) is 3.28. The summed E-state index contributed by atoms with van der Waals surface area (Å²) in [7, 11) is 1.60. The summed E-state index contributed by atoms with van der Waals surface area (Å²) in [5.41, 5.74) is 2.57. The molecule has 0 atom stereocenters. The molecule has 0 aliphatic heterocycles. The first-order valence-electron chi connectivity index (χ1n) is 8.67. The number of esters is 1. The summed E-state index contributed by atoms with van der Waals surface area (Å²) in [5, 5.41) is 0.737. The molecule has 6 heteroatoms. The van der Waals surface area contributed by atoms with E-state index in [0.29, 0.717) is 17.1 Å². The number of ether oxygens (including phenoxy) is 1. The number of aromatic nitrogens is 1. The molecule has 0 N–H and O–H groups in total. The smallest absolute Gasteiger partial charge is 0.338 e. The Hall–Kier alpha value is -3.15. The molecule has 0 radical (unpaired) electrons. The van der Waals surface area contributed by atoms with Gasteiger partial charge in [0.2, 0.25) is 0 Å². The minimum Gasteiger partial charge on any atom is -0.457 e. The van der Waals surface area contributed by atoms with Gasteiger partial charge in [0.25, 0.3) is 5.56 Å². The summed E-state index contributed by atoms with van der Waals surface area (Å²) < 4.78 is 12.0. The topological polar surface area (TPSA) is 78.5 Å². The van der Waals surface area contributed by atoms with Crippen LogP contribution in [0.25, 0.3) is 11.0 Å². The van der Waals surface area contributed by atoms with E-state index in [1.54, 1.807) is 7.05 Å².